The fraction of sp³-hybridized carbons (Fsp3) is 0.500. The Labute approximate surface area is 104 Å². The minimum atomic E-state index is 0.149. The lowest BCUT2D eigenvalue weighted by atomic mass is 10.1. The predicted octanol–water partition coefficient (Wildman–Crippen LogP) is 2.48. The first kappa shape index (κ1) is 13.7. The molecule has 0 aromatic heterocycles. The van der Waals surface area contributed by atoms with Crippen molar-refractivity contribution >= 4 is 11.6 Å². The molecule has 0 aliphatic rings. The van der Waals surface area contributed by atoms with Crippen LogP contribution in [0.2, 0.25) is 0 Å². The number of nitrogens with zero attached hydrogens (tertiary/aromatic N) is 1. The van der Waals surface area contributed by atoms with Gasteiger partial charge in [-0.3, -0.25) is 4.79 Å². The molecule has 0 spiro atoms. The standard InChI is InChI=1S/C14H22N2O/c1-11-6-4-8-13(10-11)16(3)14(17)9-5-7-12(2)15/h4,6,8,10,12H,5,7,9,15H2,1-3H3. The summed E-state index contributed by atoms with van der Waals surface area (Å²) in [6.45, 7) is 3.99. The van der Waals surface area contributed by atoms with Crippen LogP contribution < -0.4 is 10.6 Å². The maximum atomic E-state index is 11.9. The highest BCUT2D eigenvalue weighted by Crippen LogP contribution is 2.15. The van der Waals surface area contributed by atoms with E-state index in [4.69, 9.17) is 5.73 Å². The van der Waals surface area contributed by atoms with Crippen LogP contribution >= 0.6 is 0 Å². The van der Waals surface area contributed by atoms with Gasteiger partial charge in [0.2, 0.25) is 5.91 Å². The third kappa shape index (κ3) is 4.57. The van der Waals surface area contributed by atoms with Crippen LogP contribution in [0, 0.1) is 6.92 Å². The number of rotatable bonds is 5. The predicted molar refractivity (Wildman–Crippen MR) is 72.1 cm³/mol. The van der Waals surface area contributed by atoms with Gasteiger partial charge in [0, 0.05) is 25.2 Å². The van der Waals surface area contributed by atoms with Crippen molar-refractivity contribution in [2.75, 3.05) is 11.9 Å². The third-order valence-corrected chi connectivity index (χ3v) is 2.81. The summed E-state index contributed by atoms with van der Waals surface area (Å²) in [5, 5.41) is 0. The number of amides is 1. The van der Waals surface area contributed by atoms with Crippen molar-refractivity contribution in [3.63, 3.8) is 0 Å². The van der Waals surface area contributed by atoms with Crippen molar-refractivity contribution in [2.24, 2.45) is 5.73 Å². The number of carbonyl (C=O) groups is 1. The molecule has 2 N–H and O–H groups in total. The molecule has 1 aromatic carbocycles. The van der Waals surface area contributed by atoms with Gasteiger partial charge in [-0.2, -0.15) is 0 Å². The van der Waals surface area contributed by atoms with Gasteiger partial charge in [-0.05, 0) is 44.4 Å². The molecule has 17 heavy (non-hydrogen) atoms. The molecule has 0 radical (unpaired) electrons. The SMILES string of the molecule is Cc1cccc(N(C)C(=O)CCCC(C)N)c1. The quantitative estimate of drug-likeness (QED) is 0.850. The molecule has 0 fully saturated rings. The Balaban J connectivity index is 2.52. The number of aryl methyl sites for hydroxylation is 1. The molecule has 1 aromatic rings. The van der Waals surface area contributed by atoms with E-state index in [-0.39, 0.29) is 11.9 Å². The first-order valence-electron chi connectivity index (χ1n) is 6.09. The summed E-state index contributed by atoms with van der Waals surface area (Å²) < 4.78 is 0. The fourth-order valence-electron chi connectivity index (χ4n) is 1.72. The molecule has 0 heterocycles. The molecular weight excluding hydrogens is 212 g/mol. The molecule has 0 bridgehead atoms. The molecule has 0 saturated carbocycles. The number of benzene rings is 1. The van der Waals surface area contributed by atoms with Gasteiger partial charge in [0.1, 0.15) is 0 Å². The molecule has 0 saturated heterocycles. The molecule has 3 nitrogen and oxygen atoms in total. The van der Waals surface area contributed by atoms with Gasteiger partial charge in [0.05, 0.1) is 0 Å². The first-order chi connectivity index (χ1) is 8.00. The Hall–Kier alpha value is -1.35. The van der Waals surface area contributed by atoms with E-state index < -0.39 is 0 Å². The molecule has 1 rings (SSSR count). The average molecular weight is 234 g/mol. The van der Waals surface area contributed by atoms with Crippen molar-refractivity contribution in [1.82, 2.24) is 0 Å². The highest BCUT2D eigenvalue weighted by atomic mass is 16.2. The Bertz CT molecular complexity index is 374. The van der Waals surface area contributed by atoms with E-state index in [0.29, 0.717) is 6.42 Å². The summed E-state index contributed by atoms with van der Waals surface area (Å²) in [5.74, 6) is 0.149. The van der Waals surface area contributed by atoms with Crippen LogP contribution in [0.25, 0.3) is 0 Å². The van der Waals surface area contributed by atoms with E-state index in [9.17, 15) is 4.79 Å². The number of nitrogens with two attached hydrogens (primary N) is 1. The fourth-order valence-corrected chi connectivity index (χ4v) is 1.72. The van der Waals surface area contributed by atoms with Gasteiger partial charge < -0.3 is 10.6 Å². The summed E-state index contributed by atoms with van der Waals surface area (Å²) in [6, 6.07) is 8.14. The summed E-state index contributed by atoms with van der Waals surface area (Å²) in [7, 11) is 1.82. The highest BCUT2D eigenvalue weighted by Gasteiger charge is 2.10. The molecule has 1 amide bonds. The van der Waals surface area contributed by atoms with E-state index in [1.54, 1.807) is 4.90 Å². The lowest BCUT2D eigenvalue weighted by molar-refractivity contribution is -0.118. The Morgan fingerprint density at radius 1 is 1.47 bits per heavy atom. The van der Waals surface area contributed by atoms with Crippen molar-refractivity contribution < 1.29 is 4.79 Å². The van der Waals surface area contributed by atoms with E-state index in [1.807, 2.05) is 45.2 Å². The van der Waals surface area contributed by atoms with Gasteiger partial charge in [0.15, 0.2) is 0 Å². The summed E-state index contributed by atoms with van der Waals surface area (Å²) in [6.07, 6.45) is 2.31. The molecule has 3 heteroatoms. The second-order valence-electron chi connectivity index (χ2n) is 4.66. The van der Waals surface area contributed by atoms with Crippen molar-refractivity contribution in [3.8, 4) is 0 Å². The third-order valence-electron chi connectivity index (χ3n) is 2.81. The van der Waals surface area contributed by atoms with Crippen LogP contribution in [0.3, 0.4) is 0 Å². The second kappa shape index (κ2) is 6.40. The zero-order valence-corrected chi connectivity index (χ0v) is 10.9. The summed E-state index contributed by atoms with van der Waals surface area (Å²) in [4.78, 5) is 13.6. The maximum absolute atomic E-state index is 11.9. The van der Waals surface area contributed by atoms with Gasteiger partial charge >= 0.3 is 0 Å². The Morgan fingerprint density at radius 2 is 2.18 bits per heavy atom. The summed E-state index contributed by atoms with van der Waals surface area (Å²) in [5.41, 5.74) is 7.78. The topological polar surface area (TPSA) is 46.3 Å². The lowest BCUT2D eigenvalue weighted by Gasteiger charge is -2.18. The largest absolute Gasteiger partial charge is 0.328 e. The smallest absolute Gasteiger partial charge is 0.226 e. The van der Waals surface area contributed by atoms with Gasteiger partial charge in [-0.15, -0.1) is 0 Å². The highest BCUT2D eigenvalue weighted by molar-refractivity contribution is 5.92. The minimum Gasteiger partial charge on any atom is -0.328 e. The lowest BCUT2D eigenvalue weighted by Crippen LogP contribution is -2.26. The molecular formula is C14H22N2O. The van der Waals surface area contributed by atoms with Crippen LogP contribution in [0.4, 0.5) is 5.69 Å². The number of hydrogen-bond acceptors (Lipinski definition) is 2. The Morgan fingerprint density at radius 3 is 2.76 bits per heavy atom. The zero-order chi connectivity index (χ0) is 12.8. The maximum Gasteiger partial charge on any atom is 0.226 e. The van der Waals surface area contributed by atoms with Gasteiger partial charge in [0.25, 0.3) is 0 Å². The van der Waals surface area contributed by atoms with E-state index >= 15 is 0 Å². The van der Waals surface area contributed by atoms with E-state index in [0.717, 1.165) is 24.1 Å². The average Bonchev–Trinajstić information content (AvgIpc) is 2.27. The van der Waals surface area contributed by atoms with Crippen LogP contribution in [-0.2, 0) is 4.79 Å². The molecule has 0 aliphatic heterocycles. The van der Waals surface area contributed by atoms with E-state index in [2.05, 4.69) is 0 Å². The minimum absolute atomic E-state index is 0.149. The van der Waals surface area contributed by atoms with Crippen molar-refractivity contribution in [1.29, 1.82) is 0 Å². The molecule has 0 aliphatic carbocycles. The molecule has 1 unspecified atom stereocenters. The zero-order valence-electron chi connectivity index (χ0n) is 10.9. The first-order valence-corrected chi connectivity index (χ1v) is 6.09. The van der Waals surface area contributed by atoms with Crippen molar-refractivity contribution in [2.45, 2.75) is 39.2 Å². The van der Waals surface area contributed by atoms with Crippen LogP contribution in [0.5, 0.6) is 0 Å². The number of hydrogen-bond donors (Lipinski definition) is 1. The van der Waals surface area contributed by atoms with Crippen LogP contribution in [0.1, 0.15) is 31.7 Å². The summed E-state index contributed by atoms with van der Waals surface area (Å²) >= 11 is 0. The monoisotopic (exact) mass is 234 g/mol. The van der Waals surface area contributed by atoms with Crippen LogP contribution in [-0.4, -0.2) is 19.0 Å². The normalized spacial score (nSPS) is 12.2. The number of anilines is 1. The number of carbonyl (C=O) groups excluding carboxylic acids is 1. The second-order valence-corrected chi connectivity index (χ2v) is 4.66. The Kier molecular flexibility index (Phi) is 5.16. The molecule has 94 valence electrons. The van der Waals surface area contributed by atoms with E-state index in [1.165, 1.54) is 0 Å². The van der Waals surface area contributed by atoms with Gasteiger partial charge in [-0.25, -0.2) is 0 Å². The van der Waals surface area contributed by atoms with Gasteiger partial charge in [-0.1, -0.05) is 12.1 Å². The van der Waals surface area contributed by atoms with Crippen molar-refractivity contribution in [3.05, 3.63) is 29.8 Å². The van der Waals surface area contributed by atoms with Crippen LogP contribution in [0.15, 0.2) is 24.3 Å². The molecule has 1 atom stereocenters.